The van der Waals surface area contributed by atoms with Crippen LogP contribution < -0.4 is 4.74 Å². The van der Waals surface area contributed by atoms with Gasteiger partial charge in [0.25, 0.3) is 5.91 Å². The molecule has 7 heteroatoms. The second-order valence-electron chi connectivity index (χ2n) is 4.64. The van der Waals surface area contributed by atoms with Gasteiger partial charge in [-0.1, -0.05) is 18.2 Å². The molecule has 128 valence electrons. The number of hydrogen-bond donors (Lipinski definition) is 1. The topological polar surface area (TPSA) is 85.3 Å². The molecule has 1 aromatic carbocycles. The van der Waals surface area contributed by atoms with E-state index in [1.54, 1.807) is 12.1 Å². The fourth-order valence-corrected chi connectivity index (χ4v) is 1.78. The molecule has 1 aromatic rings. The smallest absolute Gasteiger partial charge is 0.307 e. The number of para-hydroxylation sites is 1. The van der Waals surface area contributed by atoms with Crippen LogP contribution in [0.1, 0.15) is 6.42 Å². The Balaban J connectivity index is 2.47. The van der Waals surface area contributed by atoms with Gasteiger partial charge < -0.3 is 24.2 Å². The molecule has 0 bridgehead atoms. The maximum atomic E-state index is 12.2. The molecule has 7 nitrogen and oxygen atoms in total. The van der Waals surface area contributed by atoms with Crippen LogP contribution in [0.5, 0.6) is 5.75 Å². The highest BCUT2D eigenvalue weighted by Crippen LogP contribution is 2.08. The van der Waals surface area contributed by atoms with E-state index in [1.807, 2.05) is 18.2 Å². The summed E-state index contributed by atoms with van der Waals surface area (Å²) in [5.74, 6) is -0.0290. The zero-order valence-electron chi connectivity index (χ0n) is 13.3. The van der Waals surface area contributed by atoms with Gasteiger partial charge >= 0.3 is 5.97 Å². The molecule has 0 radical (unpaired) electrons. The van der Waals surface area contributed by atoms with E-state index >= 15 is 0 Å². The van der Waals surface area contributed by atoms with Gasteiger partial charge in [-0.05, 0) is 12.1 Å². The third-order valence-corrected chi connectivity index (χ3v) is 3.01. The van der Waals surface area contributed by atoms with Crippen molar-refractivity contribution in [3.63, 3.8) is 0 Å². The highest BCUT2D eigenvalue weighted by atomic mass is 16.5. The molecule has 1 N–H and O–H groups in total. The number of aliphatic hydroxyl groups excluding tert-OH is 1. The molecule has 0 saturated heterocycles. The summed E-state index contributed by atoms with van der Waals surface area (Å²) >= 11 is 0. The Kier molecular flexibility index (Phi) is 9.42. The van der Waals surface area contributed by atoms with Crippen molar-refractivity contribution in [3.8, 4) is 5.75 Å². The number of benzene rings is 1. The molecule has 0 aromatic heterocycles. The van der Waals surface area contributed by atoms with Crippen LogP contribution in [0.3, 0.4) is 0 Å². The quantitative estimate of drug-likeness (QED) is 0.470. The fraction of sp³-hybridized carbons (Fsp3) is 0.500. The monoisotopic (exact) mass is 325 g/mol. The highest BCUT2D eigenvalue weighted by molar-refractivity contribution is 5.78. The van der Waals surface area contributed by atoms with E-state index in [9.17, 15) is 9.59 Å². The van der Waals surface area contributed by atoms with Gasteiger partial charge in [-0.3, -0.25) is 9.59 Å². The molecule has 1 rings (SSSR count). The molecular weight excluding hydrogens is 302 g/mol. The maximum absolute atomic E-state index is 12.2. The summed E-state index contributed by atoms with van der Waals surface area (Å²) in [6.07, 6.45) is 0.105. The molecule has 0 fully saturated rings. The van der Waals surface area contributed by atoms with Crippen molar-refractivity contribution < 1.29 is 28.9 Å². The van der Waals surface area contributed by atoms with Crippen molar-refractivity contribution in [3.05, 3.63) is 30.3 Å². The third-order valence-electron chi connectivity index (χ3n) is 3.01. The van der Waals surface area contributed by atoms with Gasteiger partial charge in [0, 0.05) is 13.1 Å². The third kappa shape index (κ3) is 8.18. The minimum absolute atomic E-state index is 0.0762. The fourth-order valence-electron chi connectivity index (χ4n) is 1.78. The SMILES string of the molecule is COC(=O)CCN(CCOCCO)C(=O)COc1ccccc1. The van der Waals surface area contributed by atoms with Gasteiger partial charge in [-0.25, -0.2) is 0 Å². The lowest BCUT2D eigenvalue weighted by molar-refractivity contribution is -0.142. The highest BCUT2D eigenvalue weighted by Gasteiger charge is 2.16. The zero-order chi connectivity index (χ0) is 16.9. The first-order valence-electron chi connectivity index (χ1n) is 7.38. The van der Waals surface area contributed by atoms with Crippen LogP contribution in [0.4, 0.5) is 0 Å². The van der Waals surface area contributed by atoms with Gasteiger partial charge in [0.15, 0.2) is 6.61 Å². The van der Waals surface area contributed by atoms with Crippen molar-refractivity contribution >= 4 is 11.9 Å². The number of carbonyl (C=O) groups excluding carboxylic acids is 2. The number of hydrogen-bond acceptors (Lipinski definition) is 6. The molecule has 0 aliphatic rings. The number of carbonyl (C=O) groups is 2. The predicted molar refractivity (Wildman–Crippen MR) is 83.1 cm³/mol. The summed E-state index contributed by atoms with van der Waals surface area (Å²) in [7, 11) is 1.30. The molecule has 0 saturated carbocycles. The average Bonchev–Trinajstić information content (AvgIpc) is 2.59. The van der Waals surface area contributed by atoms with Crippen molar-refractivity contribution in [2.24, 2.45) is 0 Å². The van der Waals surface area contributed by atoms with E-state index in [0.29, 0.717) is 12.3 Å². The predicted octanol–water partition coefficient (Wildman–Crippen LogP) is 0.466. The first kappa shape index (κ1) is 18.9. The number of nitrogens with zero attached hydrogens (tertiary/aromatic N) is 1. The van der Waals surface area contributed by atoms with Crippen molar-refractivity contribution in [2.75, 3.05) is 46.6 Å². The molecule has 0 aliphatic heterocycles. The lowest BCUT2D eigenvalue weighted by atomic mass is 10.3. The molecule has 0 unspecified atom stereocenters. The van der Waals surface area contributed by atoms with E-state index in [2.05, 4.69) is 4.74 Å². The van der Waals surface area contributed by atoms with Crippen LogP contribution in [0, 0.1) is 0 Å². The van der Waals surface area contributed by atoms with Crippen LogP contribution in [0.25, 0.3) is 0 Å². The molecule has 0 spiro atoms. The molecule has 0 heterocycles. The standard InChI is InChI=1S/C16H23NO6/c1-21-16(20)7-8-17(9-11-22-12-10-18)15(19)13-23-14-5-3-2-4-6-14/h2-6,18H,7-13H2,1H3. The normalized spacial score (nSPS) is 10.2. The van der Waals surface area contributed by atoms with Crippen molar-refractivity contribution in [2.45, 2.75) is 6.42 Å². The summed E-state index contributed by atoms with van der Waals surface area (Å²) < 4.78 is 15.2. The van der Waals surface area contributed by atoms with E-state index in [0.717, 1.165) is 0 Å². The first-order valence-corrected chi connectivity index (χ1v) is 7.38. The van der Waals surface area contributed by atoms with Crippen LogP contribution in [0.15, 0.2) is 30.3 Å². The Hall–Kier alpha value is -2.12. The minimum atomic E-state index is -0.386. The van der Waals surface area contributed by atoms with Crippen LogP contribution in [0.2, 0.25) is 0 Å². The number of ether oxygens (including phenoxy) is 3. The van der Waals surface area contributed by atoms with Gasteiger partial charge in [-0.2, -0.15) is 0 Å². The summed E-state index contributed by atoms with van der Waals surface area (Å²) in [6.45, 7) is 0.830. The maximum Gasteiger partial charge on any atom is 0.307 e. The van der Waals surface area contributed by atoms with Gasteiger partial charge in [-0.15, -0.1) is 0 Å². The van der Waals surface area contributed by atoms with Crippen LogP contribution in [-0.2, 0) is 19.1 Å². The minimum Gasteiger partial charge on any atom is -0.484 e. The second kappa shape index (κ2) is 11.4. The molecule has 0 aliphatic carbocycles. The Morgan fingerprint density at radius 1 is 1.13 bits per heavy atom. The number of methoxy groups -OCH3 is 1. The second-order valence-corrected chi connectivity index (χ2v) is 4.64. The number of esters is 1. The molecule has 0 atom stereocenters. The Labute approximate surface area is 135 Å². The van der Waals surface area contributed by atoms with Crippen molar-refractivity contribution in [1.29, 1.82) is 0 Å². The number of amides is 1. The summed E-state index contributed by atoms with van der Waals surface area (Å²) in [6, 6.07) is 9.01. The van der Waals surface area contributed by atoms with Gasteiger partial charge in [0.2, 0.25) is 0 Å². The van der Waals surface area contributed by atoms with Crippen LogP contribution >= 0.6 is 0 Å². The Morgan fingerprint density at radius 2 is 1.87 bits per heavy atom. The number of aliphatic hydroxyl groups is 1. The first-order chi connectivity index (χ1) is 11.2. The van der Waals surface area contributed by atoms with E-state index < -0.39 is 0 Å². The zero-order valence-corrected chi connectivity index (χ0v) is 13.3. The largest absolute Gasteiger partial charge is 0.484 e. The van der Waals surface area contributed by atoms with Gasteiger partial charge in [0.1, 0.15) is 5.75 Å². The Bertz CT molecular complexity index is 465. The molecule has 23 heavy (non-hydrogen) atoms. The lowest BCUT2D eigenvalue weighted by Crippen LogP contribution is -2.39. The van der Waals surface area contributed by atoms with E-state index in [4.69, 9.17) is 14.6 Å². The summed E-state index contributed by atoms with van der Waals surface area (Å²) in [5, 5.41) is 8.67. The summed E-state index contributed by atoms with van der Waals surface area (Å²) in [5.41, 5.74) is 0. The van der Waals surface area contributed by atoms with Crippen LogP contribution in [-0.4, -0.2) is 68.5 Å². The molecular formula is C16H23NO6. The van der Waals surface area contributed by atoms with E-state index in [-0.39, 0.29) is 51.3 Å². The van der Waals surface area contributed by atoms with Gasteiger partial charge in [0.05, 0.1) is 33.4 Å². The average molecular weight is 325 g/mol. The molecule has 1 amide bonds. The van der Waals surface area contributed by atoms with E-state index in [1.165, 1.54) is 12.0 Å². The number of rotatable bonds is 11. The van der Waals surface area contributed by atoms with Crippen molar-refractivity contribution in [1.82, 2.24) is 4.90 Å². The Morgan fingerprint density at radius 3 is 2.52 bits per heavy atom. The summed E-state index contributed by atoms with van der Waals surface area (Å²) in [4.78, 5) is 24.9. The lowest BCUT2D eigenvalue weighted by Gasteiger charge is -2.22.